The Kier molecular flexibility index (Phi) is 5.21. The number of rotatable bonds is 0. The van der Waals surface area contributed by atoms with Crippen molar-refractivity contribution in [1.82, 2.24) is 39.9 Å². The molecule has 41 heavy (non-hydrogen) atoms. The van der Waals surface area contributed by atoms with E-state index in [-0.39, 0.29) is 21.1 Å². The van der Waals surface area contributed by atoms with Crippen molar-refractivity contribution in [2.24, 2.45) is 0 Å². The Morgan fingerprint density at radius 1 is 0.317 bits per heavy atom. The van der Waals surface area contributed by atoms with Crippen molar-refractivity contribution < 1.29 is 21.1 Å². The first-order valence-corrected chi connectivity index (χ1v) is 12.9. The van der Waals surface area contributed by atoms with Crippen molar-refractivity contribution in [1.29, 1.82) is 0 Å². The van der Waals surface area contributed by atoms with Crippen LogP contribution in [0.5, 0.6) is 0 Å². The maximum atomic E-state index is 4.95. The smallest absolute Gasteiger partial charge is 0.357 e. The Hall–Kier alpha value is -5.07. The molecule has 0 atom stereocenters. The molecule has 8 bridgehead atoms. The van der Waals surface area contributed by atoms with Crippen molar-refractivity contribution in [2.75, 3.05) is 0 Å². The second-order valence-electron chi connectivity index (χ2n) is 9.67. The van der Waals surface area contributed by atoms with Gasteiger partial charge in [0.25, 0.3) is 0 Å². The summed E-state index contributed by atoms with van der Waals surface area (Å²) in [5, 5.41) is 3.57. The number of nitrogens with zero attached hydrogens (tertiary/aromatic N) is 8. The van der Waals surface area contributed by atoms with Crippen LogP contribution in [0.15, 0.2) is 97.1 Å². The fraction of sp³-hybridized carbons (Fsp3) is 0. The van der Waals surface area contributed by atoms with Crippen LogP contribution in [-0.4, -0.2) is 29.9 Å². The molecule has 7 aromatic rings. The van der Waals surface area contributed by atoms with E-state index >= 15 is 0 Å². The summed E-state index contributed by atoms with van der Waals surface area (Å²) in [6, 6.07) is 31.8. The average Bonchev–Trinajstić information content (AvgIpc) is 3.73. The molecule has 2 aliphatic rings. The average molecular weight is 696 g/mol. The van der Waals surface area contributed by atoms with Gasteiger partial charge in [-0.05, 0) is 21.5 Å². The van der Waals surface area contributed by atoms with E-state index in [0.29, 0.717) is 45.9 Å². The predicted molar refractivity (Wildman–Crippen MR) is 154 cm³/mol. The monoisotopic (exact) mass is 696 g/mol. The van der Waals surface area contributed by atoms with Gasteiger partial charge in [-0.3, -0.25) is 0 Å². The van der Waals surface area contributed by atoms with Crippen LogP contribution < -0.4 is 9.97 Å². The van der Waals surface area contributed by atoms with Crippen LogP contribution in [0.2, 0.25) is 0 Å². The largest absolute Gasteiger partial charge is 2.00 e. The van der Waals surface area contributed by atoms with E-state index in [9.17, 15) is 0 Å². The van der Waals surface area contributed by atoms with E-state index in [1.54, 1.807) is 0 Å². The molecular weight excluding hydrogens is 680 g/mol. The molecule has 0 amide bonds. The molecule has 9 rings (SSSR count). The SMILES string of the molecule is [W+2].c1ccc2c(c1)-c1nc-2nc2[n-]c(nc3nc(nc4[n-]c(n1)c1ccccc41)-c1ccccc1-3)c1ccccc21. The summed E-state index contributed by atoms with van der Waals surface area (Å²) in [4.78, 5) is 39.3. The zero-order chi connectivity index (χ0) is 26.2. The van der Waals surface area contributed by atoms with Crippen molar-refractivity contribution in [2.45, 2.75) is 0 Å². The van der Waals surface area contributed by atoms with Gasteiger partial charge >= 0.3 is 21.1 Å². The molecule has 0 aliphatic carbocycles. The van der Waals surface area contributed by atoms with Gasteiger partial charge in [0.2, 0.25) is 0 Å². The molecule has 9 heteroatoms. The van der Waals surface area contributed by atoms with Crippen molar-refractivity contribution in [3.8, 4) is 45.6 Å². The van der Waals surface area contributed by atoms with Gasteiger partial charge in [-0.15, -0.1) is 0 Å². The fourth-order valence-electron chi connectivity index (χ4n) is 5.46. The number of aromatic nitrogens is 8. The molecule has 2 aliphatic heterocycles. The van der Waals surface area contributed by atoms with E-state index in [2.05, 4.69) is 0 Å². The standard InChI is InChI=1S/C32H16N8.W/c1-2-10-18-17(9-1)25-33-26(18)38-28-21-13-5-6-14-22(21)30(35-28)40-32-24-16-8-7-15-23(24)31(36-32)39-29-20-12-4-3-11-19(20)27(34-29)37-25;/h1-16H;/q-2;+2. The third kappa shape index (κ3) is 3.57. The topological polar surface area (TPSA) is 106 Å². The Balaban J connectivity index is 0.00000256. The number of fused-ring (bicyclic) bond motifs is 20. The molecule has 3 aromatic heterocycles. The van der Waals surface area contributed by atoms with E-state index < -0.39 is 0 Å². The molecular formula is C32H16N8W. The Labute approximate surface area is 246 Å². The zero-order valence-electron chi connectivity index (χ0n) is 21.2. The first-order chi connectivity index (χ1) is 19.8. The second-order valence-corrected chi connectivity index (χ2v) is 9.67. The molecule has 0 spiro atoms. The van der Waals surface area contributed by atoms with Gasteiger partial charge in [0.1, 0.15) is 0 Å². The molecule has 0 unspecified atom stereocenters. The van der Waals surface area contributed by atoms with Crippen LogP contribution in [-0.2, 0) is 21.1 Å². The van der Waals surface area contributed by atoms with E-state index in [4.69, 9.17) is 39.9 Å². The minimum atomic E-state index is 0. The molecule has 4 aromatic carbocycles. The van der Waals surface area contributed by atoms with Gasteiger partial charge in [-0.25, -0.2) is 9.97 Å². The van der Waals surface area contributed by atoms with Crippen molar-refractivity contribution in [3.63, 3.8) is 0 Å². The Morgan fingerprint density at radius 3 is 0.829 bits per heavy atom. The minimum absolute atomic E-state index is 0. The summed E-state index contributed by atoms with van der Waals surface area (Å²) in [7, 11) is 0. The van der Waals surface area contributed by atoms with Gasteiger partial charge in [0.15, 0.2) is 0 Å². The maximum Gasteiger partial charge on any atom is 2.00 e. The van der Waals surface area contributed by atoms with E-state index in [1.165, 1.54) is 0 Å². The summed E-state index contributed by atoms with van der Waals surface area (Å²) < 4.78 is 0. The zero-order valence-corrected chi connectivity index (χ0v) is 24.2. The van der Waals surface area contributed by atoms with E-state index in [1.807, 2.05) is 97.1 Å². The molecule has 5 heterocycles. The first kappa shape index (κ1) is 23.8. The van der Waals surface area contributed by atoms with Crippen LogP contribution in [0.3, 0.4) is 0 Å². The third-order valence-electron chi connectivity index (χ3n) is 7.33. The number of hydrogen-bond acceptors (Lipinski definition) is 6. The summed E-state index contributed by atoms with van der Waals surface area (Å²) in [5.74, 6) is 2.21. The van der Waals surface area contributed by atoms with Crippen LogP contribution >= 0.6 is 0 Å². The van der Waals surface area contributed by atoms with Crippen LogP contribution in [0.4, 0.5) is 0 Å². The summed E-state index contributed by atoms with van der Waals surface area (Å²) in [6.45, 7) is 0. The summed E-state index contributed by atoms with van der Waals surface area (Å²) >= 11 is 0. The van der Waals surface area contributed by atoms with Crippen LogP contribution in [0.1, 0.15) is 0 Å². The molecule has 0 N–H and O–H groups in total. The number of hydrogen-bond donors (Lipinski definition) is 0. The van der Waals surface area contributed by atoms with Crippen LogP contribution in [0, 0.1) is 0 Å². The number of benzene rings is 4. The second kappa shape index (κ2) is 8.98. The van der Waals surface area contributed by atoms with Gasteiger partial charge < -0.3 is 29.9 Å². The third-order valence-corrected chi connectivity index (χ3v) is 7.33. The summed E-state index contributed by atoms with van der Waals surface area (Å²) in [6.07, 6.45) is 0. The fourth-order valence-corrected chi connectivity index (χ4v) is 5.46. The Bertz CT molecular complexity index is 2030. The van der Waals surface area contributed by atoms with Crippen molar-refractivity contribution >= 4 is 44.1 Å². The van der Waals surface area contributed by atoms with Gasteiger partial charge in [0, 0.05) is 44.8 Å². The normalized spacial score (nSPS) is 11.7. The van der Waals surface area contributed by atoms with E-state index in [0.717, 1.165) is 43.8 Å². The quantitative estimate of drug-likeness (QED) is 0.187. The van der Waals surface area contributed by atoms with Crippen molar-refractivity contribution in [3.05, 3.63) is 97.1 Å². The van der Waals surface area contributed by atoms with Crippen LogP contribution in [0.25, 0.3) is 89.7 Å². The van der Waals surface area contributed by atoms with Gasteiger partial charge in [-0.1, -0.05) is 97.1 Å². The molecule has 0 saturated carbocycles. The Morgan fingerprint density at radius 2 is 0.561 bits per heavy atom. The minimum Gasteiger partial charge on any atom is -0.357 e. The molecule has 0 radical (unpaired) electrons. The maximum absolute atomic E-state index is 4.95. The molecule has 190 valence electrons. The molecule has 0 saturated heterocycles. The molecule has 0 fully saturated rings. The summed E-state index contributed by atoms with van der Waals surface area (Å²) in [5.41, 5.74) is 5.78. The molecule has 8 nitrogen and oxygen atoms in total. The van der Waals surface area contributed by atoms with Gasteiger partial charge in [-0.2, -0.15) is 0 Å². The van der Waals surface area contributed by atoms with Gasteiger partial charge in [0.05, 0.1) is 23.3 Å². The first-order valence-electron chi connectivity index (χ1n) is 12.9. The predicted octanol–water partition coefficient (Wildman–Crippen LogP) is 6.12.